The van der Waals surface area contributed by atoms with Crippen molar-refractivity contribution in [1.29, 1.82) is 10.8 Å². The van der Waals surface area contributed by atoms with Gasteiger partial charge < -0.3 is 26.3 Å². The van der Waals surface area contributed by atoms with Crippen molar-refractivity contribution in [2.24, 2.45) is 10.7 Å². The van der Waals surface area contributed by atoms with E-state index in [0.717, 1.165) is 24.6 Å². The average molecular weight is 421 g/mol. The lowest BCUT2D eigenvalue weighted by Gasteiger charge is -2.38. The molecule has 162 valence electrons. The number of likely N-dealkylation sites (tertiary alicyclic amines) is 1. The summed E-state index contributed by atoms with van der Waals surface area (Å²) >= 11 is 0. The van der Waals surface area contributed by atoms with Gasteiger partial charge in [-0.2, -0.15) is 4.99 Å². The Morgan fingerprint density at radius 2 is 1.94 bits per heavy atom. The third-order valence-electron chi connectivity index (χ3n) is 5.93. The molecule has 9 nitrogen and oxygen atoms in total. The van der Waals surface area contributed by atoms with Crippen molar-refractivity contribution in [3.63, 3.8) is 0 Å². The van der Waals surface area contributed by atoms with Crippen molar-refractivity contribution < 1.29 is 0 Å². The molecule has 1 aromatic heterocycles. The third kappa shape index (κ3) is 4.65. The molecule has 6 N–H and O–H groups in total. The Morgan fingerprint density at radius 3 is 2.61 bits per heavy atom. The summed E-state index contributed by atoms with van der Waals surface area (Å²) in [5.41, 5.74) is 6.74. The van der Waals surface area contributed by atoms with E-state index >= 15 is 0 Å². The summed E-state index contributed by atoms with van der Waals surface area (Å²) in [7, 11) is 0. The van der Waals surface area contributed by atoms with Crippen LogP contribution in [0.5, 0.6) is 0 Å². The molecule has 31 heavy (non-hydrogen) atoms. The smallest absolute Gasteiger partial charge is 0.261 e. The lowest BCUT2D eigenvalue weighted by Crippen LogP contribution is -2.49. The van der Waals surface area contributed by atoms with Gasteiger partial charge in [0.1, 0.15) is 17.5 Å². The van der Waals surface area contributed by atoms with Crippen molar-refractivity contribution in [2.45, 2.75) is 44.1 Å². The highest BCUT2D eigenvalue weighted by Crippen LogP contribution is 2.26. The van der Waals surface area contributed by atoms with Crippen molar-refractivity contribution in [2.75, 3.05) is 18.4 Å². The van der Waals surface area contributed by atoms with Gasteiger partial charge in [0.2, 0.25) is 5.96 Å². The molecule has 4 rings (SSSR count). The molecule has 2 aliphatic rings. The van der Waals surface area contributed by atoms with Crippen molar-refractivity contribution >= 4 is 23.8 Å². The van der Waals surface area contributed by atoms with Crippen LogP contribution in [0.4, 0.5) is 5.82 Å². The van der Waals surface area contributed by atoms with E-state index < -0.39 is 0 Å². The molecule has 9 heteroatoms. The molecule has 0 bridgehead atoms. The molecule has 0 atom stereocenters. The van der Waals surface area contributed by atoms with Gasteiger partial charge >= 0.3 is 0 Å². The van der Waals surface area contributed by atoms with Gasteiger partial charge in [0.15, 0.2) is 0 Å². The number of H-pyrrole nitrogens is 1. The Kier molecular flexibility index (Phi) is 6.11. The predicted molar refractivity (Wildman–Crippen MR) is 122 cm³/mol. The lowest BCUT2D eigenvalue weighted by atomic mass is 9.95. The Morgan fingerprint density at radius 1 is 1.23 bits per heavy atom. The number of anilines is 1. The van der Waals surface area contributed by atoms with Crippen LogP contribution in [0, 0.1) is 10.8 Å². The maximum absolute atomic E-state index is 12.5. The molecule has 0 amide bonds. The third-order valence-corrected chi connectivity index (χ3v) is 5.93. The molecular formula is C22H28N8O. The second-order valence-electron chi connectivity index (χ2n) is 8.13. The van der Waals surface area contributed by atoms with Gasteiger partial charge in [-0.3, -0.25) is 10.2 Å². The first-order valence-corrected chi connectivity index (χ1v) is 10.7. The number of amidine groups is 1. The van der Waals surface area contributed by atoms with Gasteiger partial charge in [-0.15, -0.1) is 0 Å². The van der Waals surface area contributed by atoms with Crippen LogP contribution in [0.2, 0.25) is 0 Å². The summed E-state index contributed by atoms with van der Waals surface area (Å²) < 4.78 is 0. The molecule has 1 aliphatic heterocycles. The Bertz CT molecular complexity index is 1030. The van der Waals surface area contributed by atoms with Gasteiger partial charge in [0, 0.05) is 30.9 Å². The molecule has 0 spiro atoms. The maximum Gasteiger partial charge on any atom is 0.261 e. The molecule has 2 aromatic rings. The first-order valence-electron chi connectivity index (χ1n) is 10.7. The number of nitrogens with two attached hydrogens (primary N) is 1. The van der Waals surface area contributed by atoms with E-state index in [1.165, 1.54) is 19.3 Å². The highest BCUT2D eigenvalue weighted by molar-refractivity contribution is 6.04. The van der Waals surface area contributed by atoms with Crippen LogP contribution < -0.4 is 16.6 Å². The minimum Gasteiger partial charge on any atom is -0.383 e. The normalized spacial score (nSPS) is 17.8. The number of hydrogen-bond acceptors (Lipinski definition) is 5. The zero-order valence-electron chi connectivity index (χ0n) is 17.4. The standard InChI is InChI=1S/C22H28N8O/c23-11-17-20(26-16-9-5-2-6-10-16)28-19(29-21(17)31)15-12-30(13-15)22(25)27-18(24)14-7-3-1-4-8-14/h1,3-4,7-8,11,15-16,23H,2,5-6,9-10,12-13H2,(H3,24,25,27)(H2,26,28,29,31). The Balaban J connectivity index is 1.44. The summed E-state index contributed by atoms with van der Waals surface area (Å²) in [4.78, 5) is 26.0. The summed E-state index contributed by atoms with van der Waals surface area (Å²) in [6.07, 6.45) is 6.74. The van der Waals surface area contributed by atoms with Crippen LogP contribution in [0.15, 0.2) is 40.1 Å². The lowest BCUT2D eigenvalue weighted by molar-refractivity contribution is 0.240. The fraction of sp³-hybridized carbons (Fsp3) is 0.409. The number of guanidine groups is 1. The zero-order chi connectivity index (χ0) is 21.8. The number of benzene rings is 1. The molecule has 1 saturated carbocycles. The topological polar surface area (TPSA) is 147 Å². The number of aromatic amines is 1. The number of hydrogen-bond donors (Lipinski definition) is 5. The monoisotopic (exact) mass is 420 g/mol. The molecule has 1 saturated heterocycles. The number of nitrogens with zero attached hydrogens (tertiary/aromatic N) is 3. The zero-order valence-corrected chi connectivity index (χ0v) is 17.4. The van der Waals surface area contributed by atoms with E-state index in [1.54, 1.807) is 4.90 Å². The molecule has 2 heterocycles. The first kappa shape index (κ1) is 20.8. The number of aromatic nitrogens is 2. The van der Waals surface area contributed by atoms with Crippen LogP contribution >= 0.6 is 0 Å². The fourth-order valence-electron chi connectivity index (χ4n) is 4.06. The Hall–Kier alpha value is -3.49. The minimum absolute atomic E-state index is 0.00658. The largest absolute Gasteiger partial charge is 0.383 e. The summed E-state index contributed by atoms with van der Waals surface area (Å²) in [5.74, 6) is 1.46. The molecule has 0 unspecified atom stereocenters. The number of aliphatic imine (C=N–C) groups is 1. The second-order valence-corrected chi connectivity index (χ2v) is 8.13. The molecule has 1 aromatic carbocycles. The fourth-order valence-corrected chi connectivity index (χ4v) is 4.06. The molecule has 2 fully saturated rings. The van der Waals surface area contributed by atoms with Crippen LogP contribution in [-0.2, 0) is 0 Å². The SMILES string of the molecule is N=Cc1c(NC2CCCCC2)nc(C2CN(C(=N)/N=C(\N)c3ccccc3)C2)[nH]c1=O. The second kappa shape index (κ2) is 9.11. The Labute approximate surface area is 180 Å². The maximum atomic E-state index is 12.5. The number of nitrogens with one attached hydrogen (secondary N) is 4. The molecular weight excluding hydrogens is 392 g/mol. The van der Waals surface area contributed by atoms with E-state index in [1.807, 2.05) is 30.3 Å². The molecule has 0 radical (unpaired) electrons. The van der Waals surface area contributed by atoms with Crippen molar-refractivity contribution in [3.8, 4) is 0 Å². The summed E-state index contributed by atoms with van der Waals surface area (Å²) in [6.45, 7) is 1.06. The predicted octanol–water partition coefficient (Wildman–Crippen LogP) is 2.25. The summed E-state index contributed by atoms with van der Waals surface area (Å²) in [5, 5.41) is 19.2. The van der Waals surface area contributed by atoms with E-state index in [4.69, 9.17) is 16.6 Å². The average Bonchev–Trinajstić information content (AvgIpc) is 2.74. The van der Waals surface area contributed by atoms with Crippen molar-refractivity contribution in [3.05, 3.63) is 57.6 Å². The first-order chi connectivity index (χ1) is 15.0. The summed E-state index contributed by atoms with van der Waals surface area (Å²) in [6, 6.07) is 9.64. The van der Waals surface area contributed by atoms with E-state index in [2.05, 4.69) is 20.3 Å². The van der Waals surface area contributed by atoms with Crippen molar-refractivity contribution in [1.82, 2.24) is 14.9 Å². The van der Waals surface area contributed by atoms with E-state index in [0.29, 0.717) is 30.6 Å². The minimum atomic E-state index is -0.307. The van der Waals surface area contributed by atoms with Crippen LogP contribution in [0.1, 0.15) is 55.0 Å². The van der Waals surface area contributed by atoms with Gasteiger partial charge in [0.05, 0.1) is 11.5 Å². The highest BCUT2D eigenvalue weighted by atomic mass is 16.1. The quantitative estimate of drug-likeness (QED) is 0.372. The van der Waals surface area contributed by atoms with Gasteiger partial charge in [-0.05, 0) is 12.8 Å². The van der Waals surface area contributed by atoms with Crippen LogP contribution in [-0.4, -0.2) is 52.0 Å². The van der Waals surface area contributed by atoms with Crippen LogP contribution in [0.25, 0.3) is 0 Å². The van der Waals surface area contributed by atoms with Crippen LogP contribution in [0.3, 0.4) is 0 Å². The van der Waals surface area contributed by atoms with Gasteiger partial charge in [-0.1, -0.05) is 49.6 Å². The number of rotatable bonds is 5. The highest BCUT2D eigenvalue weighted by Gasteiger charge is 2.33. The van der Waals surface area contributed by atoms with E-state index in [9.17, 15) is 4.79 Å². The van der Waals surface area contributed by atoms with Gasteiger partial charge in [-0.25, -0.2) is 4.98 Å². The van der Waals surface area contributed by atoms with E-state index in [-0.39, 0.29) is 29.0 Å². The molecule has 1 aliphatic carbocycles. The van der Waals surface area contributed by atoms with Gasteiger partial charge in [0.25, 0.3) is 5.56 Å².